The van der Waals surface area contributed by atoms with Crippen LogP contribution in [0.1, 0.15) is 70.9 Å². The molecule has 1 unspecified atom stereocenters. The van der Waals surface area contributed by atoms with E-state index in [0.29, 0.717) is 0 Å². The first-order chi connectivity index (χ1) is 11.5. The third-order valence-electron chi connectivity index (χ3n) is 4.30. The molecule has 0 aromatic heterocycles. The van der Waals surface area contributed by atoms with Gasteiger partial charge in [0.2, 0.25) is 0 Å². The van der Waals surface area contributed by atoms with Gasteiger partial charge in [0.25, 0.3) is 0 Å². The molecular weight excluding hydrogens is 296 g/mol. The van der Waals surface area contributed by atoms with Crippen LogP contribution in [0.3, 0.4) is 0 Å². The Kier molecular flexibility index (Phi) is 8.84. The number of ether oxygens (including phenoxy) is 1. The minimum atomic E-state index is -0.180. The van der Waals surface area contributed by atoms with Gasteiger partial charge in [0, 0.05) is 12.7 Å². The number of benzene rings is 1. The van der Waals surface area contributed by atoms with E-state index in [1.165, 1.54) is 36.0 Å². The van der Waals surface area contributed by atoms with Crippen LogP contribution in [0.5, 0.6) is 5.75 Å². The molecule has 1 atom stereocenters. The number of fused-ring (bicyclic) bond motifs is 1. The zero-order chi connectivity index (χ0) is 18.0. The lowest BCUT2D eigenvalue weighted by Crippen LogP contribution is -2.31. The molecule has 134 valence electrons. The van der Waals surface area contributed by atoms with E-state index < -0.39 is 0 Å². The number of hydrogen-bond donors (Lipinski definition) is 1. The molecule has 1 aromatic rings. The zero-order valence-electron chi connectivity index (χ0n) is 16.1. The van der Waals surface area contributed by atoms with Crippen LogP contribution in [0.4, 0.5) is 0 Å². The Morgan fingerprint density at radius 1 is 1.21 bits per heavy atom. The smallest absolute Gasteiger partial charge is 0.128 e. The summed E-state index contributed by atoms with van der Waals surface area (Å²) in [6, 6.07) is 6.68. The maximum absolute atomic E-state index is 7.00. The summed E-state index contributed by atoms with van der Waals surface area (Å²) in [4.78, 5) is 0. The number of aliphatic hydroxyl groups is 1. The summed E-state index contributed by atoms with van der Waals surface area (Å²) < 4.78 is 6.33. The van der Waals surface area contributed by atoms with Crippen molar-refractivity contribution in [3.05, 3.63) is 47.1 Å². The average Bonchev–Trinajstić information content (AvgIpc) is 2.56. The molecule has 2 nitrogen and oxygen atoms in total. The second-order valence-electron chi connectivity index (χ2n) is 6.90. The molecule has 0 spiro atoms. The lowest BCUT2D eigenvalue weighted by Gasteiger charge is -2.31. The summed E-state index contributed by atoms with van der Waals surface area (Å²) in [6.07, 6.45) is 13.8. The molecule has 0 aliphatic carbocycles. The molecule has 2 rings (SSSR count). The molecule has 0 saturated carbocycles. The Bertz CT molecular complexity index is 553. The van der Waals surface area contributed by atoms with Crippen LogP contribution in [0.15, 0.2) is 35.9 Å². The average molecular weight is 331 g/mol. The first-order valence-corrected chi connectivity index (χ1v) is 9.12. The van der Waals surface area contributed by atoms with Crippen LogP contribution < -0.4 is 4.74 Å². The van der Waals surface area contributed by atoms with Crippen molar-refractivity contribution < 1.29 is 9.84 Å². The predicted octanol–water partition coefficient (Wildman–Crippen LogP) is 5.94. The number of aryl methyl sites for hydroxylation is 1. The predicted molar refractivity (Wildman–Crippen MR) is 105 cm³/mol. The minimum Gasteiger partial charge on any atom is -0.483 e. The third-order valence-corrected chi connectivity index (χ3v) is 4.30. The van der Waals surface area contributed by atoms with Crippen LogP contribution in [0.25, 0.3) is 6.08 Å². The Morgan fingerprint density at radius 2 is 1.96 bits per heavy atom. The standard InChI is InChI=1S/C21H30O.CH4O/c1-5-6-7-10-18-11-12-19-13-15-21(4,22-20(19)16-18)14-8-9-17(2)3;1-2/h9,11-13,15-16H,5-8,10,14H2,1-4H3;2H,1H3. The molecule has 0 fully saturated rings. The first kappa shape index (κ1) is 20.5. The molecule has 0 amide bonds. The van der Waals surface area contributed by atoms with Gasteiger partial charge in [0.05, 0.1) is 0 Å². The monoisotopic (exact) mass is 330 g/mol. The lowest BCUT2D eigenvalue weighted by molar-refractivity contribution is 0.128. The van der Waals surface area contributed by atoms with Crippen molar-refractivity contribution in [2.45, 2.75) is 71.8 Å². The fourth-order valence-corrected chi connectivity index (χ4v) is 2.87. The second kappa shape index (κ2) is 10.4. The van der Waals surface area contributed by atoms with Crippen molar-refractivity contribution in [3.63, 3.8) is 0 Å². The Balaban J connectivity index is 0.00000139. The topological polar surface area (TPSA) is 29.5 Å². The Morgan fingerprint density at radius 3 is 2.62 bits per heavy atom. The number of rotatable bonds is 7. The van der Waals surface area contributed by atoms with Gasteiger partial charge in [-0.15, -0.1) is 0 Å². The summed E-state index contributed by atoms with van der Waals surface area (Å²) in [6.45, 7) is 8.74. The highest BCUT2D eigenvalue weighted by atomic mass is 16.5. The number of unbranched alkanes of at least 4 members (excludes halogenated alkanes) is 2. The molecule has 1 aliphatic rings. The maximum Gasteiger partial charge on any atom is 0.128 e. The number of aliphatic hydroxyl groups excluding tert-OH is 1. The summed E-state index contributed by atoms with van der Waals surface area (Å²) in [5.41, 5.74) is 3.80. The molecule has 1 aliphatic heterocycles. The van der Waals surface area contributed by atoms with Crippen molar-refractivity contribution in [2.75, 3.05) is 7.11 Å². The van der Waals surface area contributed by atoms with E-state index in [2.05, 4.69) is 64.1 Å². The SMILES string of the molecule is CCCCCc1ccc2c(c1)OC(C)(CCC=C(C)C)C=C2.CO. The van der Waals surface area contributed by atoms with Gasteiger partial charge in [-0.25, -0.2) is 0 Å². The van der Waals surface area contributed by atoms with E-state index in [1.54, 1.807) is 0 Å². The van der Waals surface area contributed by atoms with E-state index in [1.807, 2.05) is 0 Å². The molecule has 1 aromatic carbocycles. The minimum absolute atomic E-state index is 0.180. The first-order valence-electron chi connectivity index (χ1n) is 9.12. The molecule has 1 heterocycles. The normalized spacial score (nSPS) is 18.1. The summed E-state index contributed by atoms with van der Waals surface area (Å²) in [5, 5.41) is 7.00. The number of hydrogen-bond acceptors (Lipinski definition) is 2. The lowest BCUT2D eigenvalue weighted by atomic mass is 9.94. The van der Waals surface area contributed by atoms with E-state index in [9.17, 15) is 0 Å². The van der Waals surface area contributed by atoms with Crippen molar-refractivity contribution in [3.8, 4) is 5.75 Å². The van der Waals surface area contributed by atoms with Crippen LogP contribution in [0.2, 0.25) is 0 Å². The molecule has 0 bridgehead atoms. The maximum atomic E-state index is 7.00. The van der Waals surface area contributed by atoms with E-state index in [4.69, 9.17) is 9.84 Å². The van der Waals surface area contributed by atoms with Gasteiger partial charge < -0.3 is 9.84 Å². The largest absolute Gasteiger partial charge is 0.483 e. The van der Waals surface area contributed by atoms with Crippen molar-refractivity contribution in [1.29, 1.82) is 0 Å². The Labute approximate surface area is 148 Å². The second-order valence-corrected chi connectivity index (χ2v) is 6.90. The highest BCUT2D eigenvalue weighted by Crippen LogP contribution is 2.34. The highest BCUT2D eigenvalue weighted by Gasteiger charge is 2.26. The van der Waals surface area contributed by atoms with Crippen LogP contribution in [0, 0.1) is 0 Å². The van der Waals surface area contributed by atoms with Crippen molar-refractivity contribution in [2.24, 2.45) is 0 Å². The van der Waals surface area contributed by atoms with Gasteiger partial charge in [0.15, 0.2) is 0 Å². The molecule has 2 heteroatoms. The summed E-state index contributed by atoms with van der Waals surface area (Å²) in [5.74, 6) is 1.05. The Hall–Kier alpha value is -1.54. The molecular formula is C22H34O2. The number of allylic oxidation sites excluding steroid dienone is 2. The molecule has 0 radical (unpaired) electrons. The highest BCUT2D eigenvalue weighted by molar-refractivity contribution is 5.61. The van der Waals surface area contributed by atoms with Crippen molar-refractivity contribution >= 4 is 6.08 Å². The van der Waals surface area contributed by atoms with E-state index in [-0.39, 0.29) is 5.60 Å². The van der Waals surface area contributed by atoms with E-state index >= 15 is 0 Å². The van der Waals surface area contributed by atoms with Crippen LogP contribution in [-0.4, -0.2) is 17.8 Å². The van der Waals surface area contributed by atoms with Gasteiger partial charge in [0.1, 0.15) is 11.4 Å². The third kappa shape index (κ3) is 6.52. The van der Waals surface area contributed by atoms with Crippen LogP contribution in [-0.2, 0) is 6.42 Å². The molecule has 0 saturated heterocycles. The quantitative estimate of drug-likeness (QED) is 0.495. The van der Waals surface area contributed by atoms with E-state index in [0.717, 1.165) is 32.1 Å². The fourth-order valence-electron chi connectivity index (χ4n) is 2.87. The van der Waals surface area contributed by atoms with Gasteiger partial charge in [-0.3, -0.25) is 0 Å². The summed E-state index contributed by atoms with van der Waals surface area (Å²) >= 11 is 0. The zero-order valence-corrected chi connectivity index (χ0v) is 16.1. The fraction of sp³-hybridized carbons (Fsp3) is 0.545. The van der Waals surface area contributed by atoms with Gasteiger partial charge >= 0.3 is 0 Å². The van der Waals surface area contributed by atoms with Gasteiger partial charge in [-0.2, -0.15) is 0 Å². The van der Waals surface area contributed by atoms with Crippen molar-refractivity contribution in [1.82, 2.24) is 0 Å². The molecule has 1 N–H and O–H groups in total. The van der Waals surface area contributed by atoms with Gasteiger partial charge in [-0.1, -0.05) is 49.6 Å². The molecule has 24 heavy (non-hydrogen) atoms. The van der Waals surface area contributed by atoms with Crippen LogP contribution >= 0.6 is 0 Å². The van der Waals surface area contributed by atoms with Gasteiger partial charge in [-0.05, 0) is 64.2 Å². The summed E-state index contributed by atoms with van der Waals surface area (Å²) in [7, 11) is 1.00.